The first-order valence-corrected chi connectivity index (χ1v) is 6.68. The van der Waals surface area contributed by atoms with Gasteiger partial charge in [-0.05, 0) is 44.0 Å². The van der Waals surface area contributed by atoms with Crippen molar-refractivity contribution in [2.24, 2.45) is 0 Å². The summed E-state index contributed by atoms with van der Waals surface area (Å²) in [5, 5.41) is 3.51. The zero-order valence-corrected chi connectivity index (χ0v) is 11.3. The smallest absolute Gasteiger partial charge is 0.166 e. The second-order valence-electron chi connectivity index (χ2n) is 5.35. The van der Waals surface area contributed by atoms with Crippen LogP contribution < -0.4 is 5.32 Å². The van der Waals surface area contributed by atoms with Crippen molar-refractivity contribution in [1.29, 1.82) is 0 Å². The minimum absolute atomic E-state index is 0.237. The number of anilines is 1. The fraction of sp³-hybridized carbons (Fsp3) is 0.312. The average Bonchev–Trinajstić information content (AvgIpc) is 2.86. The SMILES string of the molecule is Cc1ccc2c(c1)C(n1cccc1C=O)CC(C)N2. The molecule has 1 N–H and O–H groups in total. The van der Waals surface area contributed by atoms with E-state index in [1.165, 1.54) is 16.8 Å². The molecule has 0 saturated heterocycles. The third-order valence-corrected chi connectivity index (χ3v) is 3.81. The minimum atomic E-state index is 0.237. The molecule has 0 bridgehead atoms. The Morgan fingerprint density at radius 1 is 1.37 bits per heavy atom. The standard InChI is InChI=1S/C16H18N2O/c1-11-5-6-15-14(8-11)16(9-12(2)17-15)18-7-3-4-13(18)10-19/h3-8,10,12,16-17H,9H2,1-2H3. The van der Waals surface area contributed by atoms with E-state index in [0.29, 0.717) is 6.04 Å². The number of carbonyl (C=O) groups excluding carboxylic acids is 1. The summed E-state index contributed by atoms with van der Waals surface area (Å²) in [6.07, 6.45) is 3.92. The molecule has 0 saturated carbocycles. The highest BCUT2D eigenvalue weighted by atomic mass is 16.1. The Balaban J connectivity index is 2.12. The van der Waals surface area contributed by atoms with Crippen LogP contribution in [0.15, 0.2) is 36.5 Å². The maximum atomic E-state index is 11.2. The normalized spacial score (nSPS) is 21.6. The molecule has 1 aromatic heterocycles. The number of aldehydes is 1. The average molecular weight is 254 g/mol. The van der Waals surface area contributed by atoms with Crippen molar-refractivity contribution >= 4 is 12.0 Å². The Hall–Kier alpha value is -2.03. The first-order chi connectivity index (χ1) is 9.19. The maximum Gasteiger partial charge on any atom is 0.166 e. The lowest BCUT2D eigenvalue weighted by Gasteiger charge is -2.33. The van der Waals surface area contributed by atoms with Gasteiger partial charge < -0.3 is 9.88 Å². The Morgan fingerprint density at radius 3 is 3.00 bits per heavy atom. The number of aryl methyl sites for hydroxylation is 1. The second-order valence-corrected chi connectivity index (χ2v) is 5.35. The van der Waals surface area contributed by atoms with Gasteiger partial charge in [0, 0.05) is 17.9 Å². The van der Waals surface area contributed by atoms with Gasteiger partial charge in [-0.15, -0.1) is 0 Å². The molecular weight excluding hydrogens is 236 g/mol. The molecule has 19 heavy (non-hydrogen) atoms. The molecule has 2 atom stereocenters. The first kappa shape index (κ1) is 12.0. The summed E-state index contributed by atoms with van der Waals surface area (Å²) < 4.78 is 2.09. The highest BCUT2D eigenvalue weighted by Gasteiger charge is 2.26. The molecule has 2 unspecified atom stereocenters. The number of aromatic nitrogens is 1. The zero-order chi connectivity index (χ0) is 13.4. The van der Waals surface area contributed by atoms with Crippen molar-refractivity contribution in [2.75, 3.05) is 5.32 Å². The fourth-order valence-corrected chi connectivity index (χ4v) is 2.93. The number of benzene rings is 1. The van der Waals surface area contributed by atoms with Gasteiger partial charge in [0.15, 0.2) is 6.29 Å². The summed E-state index contributed by atoms with van der Waals surface area (Å²) in [5.74, 6) is 0. The lowest BCUT2D eigenvalue weighted by molar-refractivity contribution is 0.111. The van der Waals surface area contributed by atoms with Crippen molar-refractivity contribution < 1.29 is 4.79 Å². The predicted molar refractivity (Wildman–Crippen MR) is 76.8 cm³/mol. The molecule has 1 aromatic carbocycles. The molecule has 0 fully saturated rings. The van der Waals surface area contributed by atoms with Crippen molar-refractivity contribution in [1.82, 2.24) is 4.57 Å². The van der Waals surface area contributed by atoms with Gasteiger partial charge in [0.1, 0.15) is 0 Å². The van der Waals surface area contributed by atoms with E-state index in [-0.39, 0.29) is 6.04 Å². The Kier molecular flexibility index (Phi) is 2.90. The Bertz CT molecular complexity index is 615. The van der Waals surface area contributed by atoms with Crippen molar-refractivity contribution in [3.05, 3.63) is 53.3 Å². The molecule has 2 heterocycles. The molecular formula is C16H18N2O. The Labute approximate surface area is 113 Å². The fourth-order valence-electron chi connectivity index (χ4n) is 2.93. The highest BCUT2D eigenvalue weighted by molar-refractivity contribution is 5.72. The van der Waals surface area contributed by atoms with Crippen molar-refractivity contribution in [3.63, 3.8) is 0 Å². The predicted octanol–water partition coefficient (Wildman–Crippen LogP) is 3.40. The van der Waals surface area contributed by atoms with E-state index in [4.69, 9.17) is 0 Å². The summed E-state index contributed by atoms with van der Waals surface area (Å²) in [6, 6.07) is 10.9. The largest absolute Gasteiger partial charge is 0.382 e. The summed E-state index contributed by atoms with van der Waals surface area (Å²) >= 11 is 0. The van der Waals surface area contributed by atoms with Crippen LogP contribution >= 0.6 is 0 Å². The summed E-state index contributed by atoms with van der Waals surface area (Å²) in [4.78, 5) is 11.2. The van der Waals surface area contributed by atoms with Crippen molar-refractivity contribution in [3.8, 4) is 0 Å². The summed E-state index contributed by atoms with van der Waals surface area (Å²) in [7, 11) is 0. The van der Waals surface area contributed by atoms with E-state index < -0.39 is 0 Å². The van der Waals surface area contributed by atoms with E-state index in [0.717, 1.165) is 18.4 Å². The number of nitrogens with one attached hydrogen (secondary N) is 1. The molecule has 1 aliphatic heterocycles. The van der Waals surface area contributed by atoms with Gasteiger partial charge in [0.05, 0.1) is 11.7 Å². The van der Waals surface area contributed by atoms with Crippen LogP contribution in [0.3, 0.4) is 0 Å². The van der Waals surface area contributed by atoms with Crippen LogP contribution in [0.1, 0.15) is 41.0 Å². The minimum Gasteiger partial charge on any atom is -0.382 e. The third-order valence-electron chi connectivity index (χ3n) is 3.81. The molecule has 0 amide bonds. The van der Waals surface area contributed by atoms with E-state index in [1.807, 2.05) is 18.3 Å². The van der Waals surface area contributed by atoms with Crippen LogP contribution in [-0.2, 0) is 0 Å². The topological polar surface area (TPSA) is 34.0 Å². The third kappa shape index (κ3) is 2.05. The Morgan fingerprint density at radius 2 is 2.21 bits per heavy atom. The summed E-state index contributed by atoms with van der Waals surface area (Å²) in [5.41, 5.74) is 4.45. The number of fused-ring (bicyclic) bond motifs is 1. The van der Waals surface area contributed by atoms with Crippen LogP contribution in [-0.4, -0.2) is 16.9 Å². The van der Waals surface area contributed by atoms with E-state index >= 15 is 0 Å². The number of carbonyl (C=O) groups is 1. The zero-order valence-electron chi connectivity index (χ0n) is 11.3. The van der Waals surface area contributed by atoms with Gasteiger partial charge in [0.25, 0.3) is 0 Å². The molecule has 0 radical (unpaired) electrons. The monoisotopic (exact) mass is 254 g/mol. The van der Waals surface area contributed by atoms with Gasteiger partial charge in [-0.25, -0.2) is 0 Å². The van der Waals surface area contributed by atoms with E-state index in [2.05, 4.69) is 41.9 Å². The van der Waals surface area contributed by atoms with Crippen LogP contribution in [0.5, 0.6) is 0 Å². The molecule has 2 aromatic rings. The quantitative estimate of drug-likeness (QED) is 0.833. The maximum absolute atomic E-state index is 11.2. The number of hydrogen-bond acceptors (Lipinski definition) is 2. The molecule has 0 aliphatic carbocycles. The second kappa shape index (κ2) is 4.57. The van der Waals surface area contributed by atoms with Gasteiger partial charge in [0.2, 0.25) is 0 Å². The summed E-state index contributed by atoms with van der Waals surface area (Å²) in [6.45, 7) is 4.28. The lowest BCUT2D eigenvalue weighted by atomic mass is 9.92. The van der Waals surface area contributed by atoms with Crippen LogP contribution in [0.2, 0.25) is 0 Å². The van der Waals surface area contributed by atoms with Crippen molar-refractivity contribution in [2.45, 2.75) is 32.4 Å². The van der Waals surface area contributed by atoms with Crippen LogP contribution in [0.4, 0.5) is 5.69 Å². The van der Waals surface area contributed by atoms with Gasteiger partial charge >= 0.3 is 0 Å². The molecule has 1 aliphatic rings. The van der Waals surface area contributed by atoms with Gasteiger partial charge in [-0.1, -0.05) is 17.7 Å². The number of hydrogen-bond donors (Lipinski definition) is 1. The lowest BCUT2D eigenvalue weighted by Crippen LogP contribution is -2.29. The van der Waals surface area contributed by atoms with E-state index in [1.54, 1.807) is 0 Å². The van der Waals surface area contributed by atoms with Crippen LogP contribution in [0, 0.1) is 6.92 Å². The molecule has 0 spiro atoms. The number of rotatable bonds is 2. The molecule has 3 rings (SSSR count). The van der Waals surface area contributed by atoms with E-state index in [9.17, 15) is 4.79 Å². The molecule has 98 valence electrons. The molecule has 3 heteroatoms. The first-order valence-electron chi connectivity index (χ1n) is 6.68. The van der Waals surface area contributed by atoms with Gasteiger partial charge in [-0.2, -0.15) is 0 Å². The number of nitrogens with zero attached hydrogens (tertiary/aromatic N) is 1. The van der Waals surface area contributed by atoms with Gasteiger partial charge in [-0.3, -0.25) is 4.79 Å². The molecule has 3 nitrogen and oxygen atoms in total. The van der Waals surface area contributed by atoms with Crippen LogP contribution in [0.25, 0.3) is 0 Å². The highest BCUT2D eigenvalue weighted by Crippen LogP contribution is 2.36.